The third-order valence-electron chi connectivity index (χ3n) is 4.20. The smallest absolute Gasteiger partial charge is 0.315 e. The van der Waals surface area contributed by atoms with Gasteiger partial charge in [-0.2, -0.15) is 0 Å². The summed E-state index contributed by atoms with van der Waals surface area (Å²) in [5, 5.41) is 5.91. The molecule has 132 valence electrons. The van der Waals surface area contributed by atoms with Crippen molar-refractivity contribution in [3.8, 4) is 0 Å². The molecule has 0 saturated carbocycles. The van der Waals surface area contributed by atoms with Gasteiger partial charge in [-0.3, -0.25) is 4.79 Å². The predicted octanol–water partition coefficient (Wildman–Crippen LogP) is 2.94. The van der Waals surface area contributed by atoms with Crippen LogP contribution in [0.4, 0.5) is 4.79 Å². The topological polar surface area (TPSA) is 61.4 Å². The van der Waals surface area contributed by atoms with Crippen LogP contribution in [0.25, 0.3) is 0 Å². The van der Waals surface area contributed by atoms with Gasteiger partial charge in [0, 0.05) is 31.2 Å². The van der Waals surface area contributed by atoms with Crippen LogP contribution < -0.4 is 10.6 Å². The van der Waals surface area contributed by atoms with Crippen molar-refractivity contribution in [2.24, 2.45) is 5.41 Å². The van der Waals surface area contributed by atoms with Gasteiger partial charge in [-0.1, -0.05) is 38.5 Å². The number of nitrogens with one attached hydrogen (secondary N) is 2. The average molecular weight is 331 g/mol. The average Bonchev–Trinajstić information content (AvgIpc) is 2.53. The van der Waals surface area contributed by atoms with Gasteiger partial charge in [-0.25, -0.2) is 4.79 Å². The highest BCUT2D eigenvalue weighted by molar-refractivity contribution is 5.94. The Morgan fingerprint density at radius 1 is 1.12 bits per heavy atom. The summed E-state index contributed by atoms with van der Waals surface area (Å²) in [7, 11) is 0. The number of carbonyl (C=O) groups excluding carboxylic acids is 2. The second-order valence-electron chi connectivity index (χ2n) is 7.82. The van der Waals surface area contributed by atoms with Gasteiger partial charge in [0.25, 0.3) is 5.91 Å². The number of benzene rings is 1. The van der Waals surface area contributed by atoms with Crippen molar-refractivity contribution in [3.05, 3.63) is 35.4 Å². The molecule has 1 aliphatic heterocycles. The predicted molar refractivity (Wildman–Crippen MR) is 96.1 cm³/mol. The summed E-state index contributed by atoms with van der Waals surface area (Å²) in [5.74, 6) is 0.0747. The fourth-order valence-electron chi connectivity index (χ4n) is 2.69. The summed E-state index contributed by atoms with van der Waals surface area (Å²) >= 11 is 0. The van der Waals surface area contributed by atoms with Crippen molar-refractivity contribution < 1.29 is 9.59 Å². The molecule has 1 heterocycles. The van der Waals surface area contributed by atoms with Crippen molar-refractivity contribution in [2.45, 2.75) is 46.6 Å². The largest absolute Gasteiger partial charge is 0.338 e. The highest BCUT2D eigenvalue weighted by atomic mass is 16.2. The number of aryl methyl sites for hydroxylation is 1. The second-order valence-corrected chi connectivity index (χ2v) is 7.82. The molecule has 1 aliphatic rings. The van der Waals surface area contributed by atoms with E-state index >= 15 is 0 Å². The van der Waals surface area contributed by atoms with Crippen molar-refractivity contribution >= 4 is 11.9 Å². The van der Waals surface area contributed by atoms with Crippen LogP contribution in [0.15, 0.2) is 24.3 Å². The molecule has 2 rings (SSSR count). The number of amides is 3. The van der Waals surface area contributed by atoms with Gasteiger partial charge in [0.15, 0.2) is 0 Å². The molecule has 1 aromatic carbocycles. The number of likely N-dealkylation sites (tertiary alicyclic amines) is 1. The van der Waals surface area contributed by atoms with Gasteiger partial charge in [-0.05, 0) is 37.3 Å². The molecule has 3 amide bonds. The zero-order valence-corrected chi connectivity index (χ0v) is 15.2. The van der Waals surface area contributed by atoms with Gasteiger partial charge < -0.3 is 15.5 Å². The Labute approximate surface area is 144 Å². The Bertz CT molecular complexity index is 567. The van der Waals surface area contributed by atoms with E-state index in [2.05, 4.69) is 31.4 Å². The molecule has 0 spiro atoms. The molecule has 5 nitrogen and oxygen atoms in total. The van der Waals surface area contributed by atoms with E-state index in [9.17, 15) is 9.59 Å². The molecule has 0 radical (unpaired) electrons. The number of hydrogen-bond acceptors (Lipinski definition) is 2. The third kappa shape index (κ3) is 5.55. The Balaban J connectivity index is 1.78. The lowest BCUT2D eigenvalue weighted by atomic mass is 9.97. The summed E-state index contributed by atoms with van der Waals surface area (Å²) in [6.45, 7) is 10.3. The fraction of sp³-hybridized carbons (Fsp3) is 0.579. The number of hydrogen-bond donors (Lipinski definition) is 2. The molecule has 24 heavy (non-hydrogen) atoms. The third-order valence-corrected chi connectivity index (χ3v) is 4.20. The lowest BCUT2D eigenvalue weighted by molar-refractivity contribution is 0.0708. The first kappa shape index (κ1) is 18.3. The first-order valence-electron chi connectivity index (χ1n) is 8.65. The van der Waals surface area contributed by atoms with Crippen LogP contribution in [0.5, 0.6) is 0 Å². The molecule has 0 unspecified atom stereocenters. The maximum absolute atomic E-state index is 12.5. The zero-order valence-electron chi connectivity index (χ0n) is 15.2. The van der Waals surface area contributed by atoms with E-state index in [-0.39, 0.29) is 23.4 Å². The lowest BCUT2D eigenvalue weighted by Crippen LogP contribution is -2.50. The number of rotatable bonds is 3. The Hall–Kier alpha value is -2.04. The van der Waals surface area contributed by atoms with E-state index < -0.39 is 0 Å². The highest BCUT2D eigenvalue weighted by Gasteiger charge is 2.24. The van der Waals surface area contributed by atoms with E-state index in [1.165, 1.54) is 0 Å². The number of piperidine rings is 1. The van der Waals surface area contributed by atoms with Crippen LogP contribution in [0.1, 0.15) is 49.5 Å². The Morgan fingerprint density at radius 2 is 1.71 bits per heavy atom. The molecule has 1 fully saturated rings. The van der Waals surface area contributed by atoms with Crippen molar-refractivity contribution in [2.75, 3.05) is 19.6 Å². The maximum Gasteiger partial charge on any atom is 0.315 e. The van der Waals surface area contributed by atoms with Gasteiger partial charge in [-0.15, -0.1) is 0 Å². The SMILES string of the molecule is Cc1ccc(C(=O)N2CCC(NC(=O)NCC(C)(C)C)CC2)cc1. The molecule has 1 aromatic rings. The molecular weight excluding hydrogens is 302 g/mol. The lowest BCUT2D eigenvalue weighted by Gasteiger charge is -2.32. The molecule has 1 saturated heterocycles. The molecule has 5 heteroatoms. The second kappa shape index (κ2) is 7.69. The minimum Gasteiger partial charge on any atom is -0.338 e. The van der Waals surface area contributed by atoms with Gasteiger partial charge >= 0.3 is 6.03 Å². The van der Waals surface area contributed by atoms with E-state index in [4.69, 9.17) is 0 Å². The summed E-state index contributed by atoms with van der Waals surface area (Å²) in [5.41, 5.74) is 1.95. The zero-order chi connectivity index (χ0) is 17.7. The highest BCUT2D eigenvalue weighted by Crippen LogP contribution is 2.15. The normalized spacial score (nSPS) is 15.9. The van der Waals surface area contributed by atoms with Crippen LogP contribution in [0, 0.1) is 12.3 Å². The summed E-state index contributed by atoms with van der Waals surface area (Å²) in [6.07, 6.45) is 1.58. The van der Waals surface area contributed by atoms with Crippen molar-refractivity contribution in [1.82, 2.24) is 15.5 Å². The maximum atomic E-state index is 12.5. The number of urea groups is 1. The van der Waals surface area contributed by atoms with E-state index in [1.54, 1.807) is 0 Å². The van der Waals surface area contributed by atoms with Crippen LogP contribution in [0.2, 0.25) is 0 Å². The first-order valence-corrected chi connectivity index (χ1v) is 8.65. The summed E-state index contributed by atoms with van der Waals surface area (Å²) in [6, 6.07) is 7.69. The monoisotopic (exact) mass is 331 g/mol. The molecule has 2 N–H and O–H groups in total. The standard InChI is InChI=1S/C19H29N3O2/c1-14-5-7-15(8-6-14)17(23)22-11-9-16(10-12-22)21-18(24)20-13-19(2,3)4/h5-8,16H,9-13H2,1-4H3,(H2,20,21,24). The Kier molecular flexibility index (Phi) is 5.86. The summed E-state index contributed by atoms with van der Waals surface area (Å²) < 4.78 is 0. The van der Waals surface area contributed by atoms with Gasteiger partial charge in [0.1, 0.15) is 0 Å². The molecule has 0 aliphatic carbocycles. The van der Waals surface area contributed by atoms with Crippen LogP contribution in [-0.2, 0) is 0 Å². The molecule has 0 aromatic heterocycles. The van der Waals surface area contributed by atoms with Crippen LogP contribution in [0.3, 0.4) is 0 Å². The van der Waals surface area contributed by atoms with Crippen LogP contribution >= 0.6 is 0 Å². The van der Waals surface area contributed by atoms with Gasteiger partial charge in [0.2, 0.25) is 0 Å². The van der Waals surface area contributed by atoms with Crippen molar-refractivity contribution in [3.63, 3.8) is 0 Å². The van der Waals surface area contributed by atoms with Crippen LogP contribution in [-0.4, -0.2) is 42.5 Å². The Morgan fingerprint density at radius 3 is 2.25 bits per heavy atom. The quantitative estimate of drug-likeness (QED) is 0.894. The molecule has 0 bridgehead atoms. The van der Waals surface area contributed by atoms with E-state index in [1.807, 2.05) is 36.1 Å². The first-order chi connectivity index (χ1) is 11.2. The number of carbonyl (C=O) groups is 2. The summed E-state index contributed by atoms with van der Waals surface area (Å²) in [4.78, 5) is 26.3. The van der Waals surface area contributed by atoms with E-state index in [0.717, 1.165) is 24.0 Å². The molecular formula is C19H29N3O2. The van der Waals surface area contributed by atoms with E-state index in [0.29, 0.717) is 19.6 Å². The van der Waals surface area contributed by atoms with Gasteiger partial charge in [0.05, 0.1) is 0 Å². The number of nitrogens with zero attached hydrogens (tertiary/aromatic N) is 1. The minimum absolute atomic E-state index is 0.0706. The minimum atomic E-state index is -0.117. The van der Waals surface area contributed by atoms with Crippen molar-refractivity contribution in [1.29, 1.82) is 0 Å². The molecule has 0 atom stereocenters. The fourth-order valence-corrected chi connectivity index (χ4v) is 2.69.